The van der Waals surface area contributed by atoms with Gasteiger partial charge in [-0.3, -0.25) is 0 Å². The summed E-state index contributed by atoms with van der Waals surface area (Å²) in [7, 11) is 0. The normalized spacial score (nSPS) is 41.1. The van der Waals surface area contributed by atoms with Gasteiger partial charge in [-0.25, -0.2) is 4.79 Å². The Hall–Kier alpha value is -0.270. The lowest BCUT2D eigenvalue weighted by Gasteiger charge is -2.56. The molecule has 1 amide bonds. The van der Waals surface area contributed by atoms with E-state index in [1.807, 2.05) is 20.8 Å². The number of hydrogen-bond acceptors (Lipinski definition) is 5. The lowest BCUT2D eigenvalue weighted by molar-refractivity contribution is -0.0966. The van der Waals surface area contributed by atoms with Crippen LogP contribution in [-0.4, -0.2) is 46.2 Å². The summed E-state index contributed by atoms with van der Waals surface area (Å²) < 4.78 is 5.19. The Morgan fingerprint density at radius 1 is 0.926 bits per heavy atom. The molecule has 27 heavy (non-hydrogen) atoms. The van der Waals surface area contributed by atoms with Crippen molar-refractivity contribution in [3.63, 3.8) is 0 Å². The van der Waals surface area contributed by atoms with E-state index in [-0.39, 0.29) is 49.2 Å². The van der Waals surface area contributed by atoms with E-state index < -0.39 is 5.60 Å². The molecule has 0 heterocycles. The van der Waals surface area contributed by atoms with E-state index in [2.05, 4.69) is 5.32 Å². The number of carbonyl (C=O) groups excluding carboxylic acids is 1. The van der Waals surface area contributed by atoms with Gasteiger partial charge in [-0.1, -0.05) is 0 Å². The third-order valence-corrected chi connectivity index (χ3v) is 6.14. The van der Waals surface area contributed by atoms with Crippen molar-refractivity contribution in [2.45, 2.75) is 102 Å². The van der Waals surface area contributed by atoms with Gasteiger partial charge in [-0.2, -0.15) is 0 Å². The number of alkyl carbamates (subject to hydrolysis) is 1. The topological polar surface area (TPSA) is 105 Å². The minimum atomic E-state index is -0.432. The van der Waals surface area contributed by atoms with Crippen molar-refractivity contribution in [1.82, 2.24) is 5.32 Å². The van der Waals surface area contributed by atoms with Crippen molar-refractivity contribution in [3.05, 3.63) is 0 Å². The summed E-state index contributed by atoms with van der Waals surface area (Å²) in [4.78, 5) is 11.5. The zero-order valence-corrected chi connectivity index (χ0v) is 18.2. The highest BCUT2D eigenvalue weighted by atomic mass is 35.5. The van der Waals surface area contributed by atoms with E-state index in [1.165, 1.54) is 0 Å². The second kappa shape index (κ2) is 8.62. The van der Waals surface area contributed by atoms with Gasteiger partial charge in [-0.05, 0) is 83.0 Å². The smallest absolute Gasteiger partial charge is 0.407 e. The predicted molar refractivity (Wildman–Crippen MR) is 109 cm³/mol. The van der Waals surface area contributed by atoms with Crippen LogP contribution in [0.4, 0.5) is 4.79 Å². The number of nitrogens with two attached hydrogens (primary N) is 1. The molecule has 0 aromatic heterocycles. The maximum Gasteiger partial charge on any atom is 0.407 e. The van der Waals surface area contributed by atoms with E-state index in [0.29, 0.717) is 16.9 Å². The van der Waals surface area contributed by atoms with Crippen LogP contribution in [0.3, 0.4) is 0 Å². The molecule has 0 aliphatic heterocycles. The quantitative estimate of drug-likeness (QED) is 0.515. The summed E-state index contributed by atoms with van der Waals surface area (Å²) in [6, 6.07) is 0.680. The van der Waals surface area contributed by atoms with Gasteiger partial charge in [0.2, 0.25) is 0 Å². The van der Waals surface area contributed by atoms with Gasteiger partial charge in [-0.15, -0.1) is 24.8 Å². The van der Waals surface area contributed by atoms with Crippen LogP contribution >= 0.6 is 24.8 Å². The first-order valence-electron chi connectivity index (χ1n) is 9.60. The summed E-state index contributed by atoms with van der Waals surface area (Å²) in [6.07, 6.45) is 7.69. The molecule has 0 atom stereocenters. The predicted octanol–water partition coefficient (Wildman–Crippen LogP) is 2.91. The highest BCUT2D eigenvalue weighted by molar-refractivity contribution is 5.85. The number of rotatable bonds is 1. The largest absolute Gasteiger partial charge is 0.444 e. The number of ether oxygens (including phenoxy) is 1. The van der Waals surface area contributed by atoms with E-state index in [0.717, 1.165) is 51.4 Å². The molecule has 4 aliphatic rings. The van der Waals surface area contributed by atoms with Crippen molar-refractivity contribution in [2.75, 3.05) is 0 Å². The van der Waals surface area contributed by atoms with Gasteiger partial charge in [0.05, 0.1) is 12.2 Å². The highest BCUT2D eigenvalue weighted by Crippen LogP contribution is 2.56. The molecule has 4 fully saturated rings. The van der Waals surface area contributed by atoms with Crippen molar-refractivity contribution in [1.29, 1.82) is 0 Å². The fourth-order valence-corrected chi connectivity index (χ4v) is 5.16. The van der Waals surface area contributed by atoms with Crippen LogP contribution in [0.2, 0.25) is 0 Å². The van der Waals surface area contributed by atoms with Gasteiger partial charge in [0.15, 0.2) is 0 Å². The van der Waals surface area contributed by atoms with Crippen LogP contribution in [0.15, 0.2) is 0 Å². The fourth-order valence-electron chi connectivity index (χ4n) is 5.16. The SMILES string of the molecule is CC(C)(C)OC(=O)NC1CC2(CC(O)C2)C1.Cl.Cl.NC1CC2(C1)CC(O)C2. The molecular weight excluding hydrogens is 391 g/mol. The molecular formula is C19H36Cl2N2O4. The first kappa shape index (κ1) is 24.8. The van der Waals surface area contributed by atoms with Crippen LogP contribution in [0, 0.1) is 10.8 Å². The minimum absolute atomic E-state index is 0. The molecule has 0 unspecified atom stereocenters. The molecule has 4 aliphatic carbocycles. The number of halogens is 2. The van der Waals surface area contributed by atoms with E-state index >= 15 is 0 Å². The standard InChI is InChI=1S/C12H21NO3.C7H13NO.2ClH/c1-11(2,3)16-10(15)13-8-4-12(5-8)6-9(14)7-12;8-5-1-7(2-5)3-6(9)4-7;;/h8-9,14H,4-7H2,1-3H3,(H,13,15);5-6,9H,1-4,8H2;2*1H. The summed E-state index contributed by atoms with van der Waals surface area (Å²) in [5.74, 6) is 0. The van der Waals surface area contributed by atoms with Gasteiger partial charge in [0, 0.05) is 12.1 Å². The van der Waals surface area contributed by atoms with E-state index in [4.69, 9.17) is 15.6 Å². The number of nitrogens with one attached hydrogen (secondary N) is 1. The van der Waals surface area contributed by atoms with E-state index in [1.54, 1.807) is 0 Å². The summed E-state index contributed by atoms with van der Waals surface area (Å²) in [6.45, 7) is 5.57. The molecule has 4 saturated carbocycles. The number of aliphatic hydroxyl groups is 2. The maximum atomic E-state index is 11.5. The van der Waals surface area contributed by atoms with Gasteiger partial charge < -0.3 is 26.0 Å². The summed E-state index contributed by atoms with van der Waals surface area (Å²) in [5, 5.41) is 21.1. The average molecular weight is 427 g/mol. The molecule has 5 N–H and O–H groups in total. The zero-order valence-electron chi connectivity index (χ0n) is 16.6. The molecule has 0 aromatic rings. The highest BCUT2D eigenvalue weighted by Gasteiger charge is 2.53. The molecule has 0 aromatic carbocycles. The third-order valence-electron chi connectivity index (χ3n) is 6.14. The minimum Gasteiger partial charge on any atom is -0.444 e. The fraction of sp³-hybridized carbons (Fsp3) is 0.947. The van der Waals surface area contributed by atoms with Crippen molar-refractivity contribution in [2.24, 2.45) is 16.6 Å². The molecule has 4 rings (SSSR count). The molecule has 0 radical (unpaired) electrons. The van der Waals surface area contributed by atoms with Crippen LogP contribution in [0.25, 0.3) is 0 Å². The summed E-state index contributed by atoms with van der Waals surface area (Å²) in [5.41, 5.74) is 6.04. The first-order chi connectivity index (χ1) is 11.5. The Labute approximate surface area is 174 Å². The van der Waals surface area contributed by atoms with Crippen LogP contribution in [-0.2, 0) is 4.74 Å². The Morgan fingerprint density at radius 3 is 1.67 bits per heavy atom. The molecule has 0 saturated heterocycles. The summed E-state index contributed by atoms with van der Waals surface area (Å²) >= 11 is 0. The van der Waals surface area contributed by atoms with Gasteiger partial charge >= 0.3 is 6.09 Å². The lowest BCUT2D eigenvalue weighted by Crippen LogP contribution is -2.58. The molecule has 160 valence electrons. The van der Waals surface area contributed by atoms with Gasteiger partial charge in [0.25, 0.3) is 0 Å². The van der Waals surface area contributed by atoms with E-state index in [9.17, 15) is 9.90 Å². The molecule has 6 nitrogen and oxygen atoms in total. The average Bonchev–Trinajstić information content (AvgIpc) is 2.29. The maximum absolute atomic E-state index is 11.5. The number of amides is 1. The van der Waals surface area contributed by atoms with Gasteiger partial charge in [0.1, 0.15) is 5.60 Å². The van der Waals surface area contributed by atoms with Crippen LogP contribution in [0.1, 0.15) is 72.1 Å². The molecule has 2 spiro atoms. The Balaban J connectivity index is 0.000000284. The van der Waals surface area contributed by atoms with Crippen molar-refractivity contribution < 1.29 is 19.7 Å². The molecule has 8 heteroatoms. The van der Waals surface area contributed by atoms with Crippen LogP contribution in [0.5, 0.6) is 0 Å². The lowest BCUT2D eigenvalue weighted by atomic mass is 9.53. The number of hydrogen-bond donors (Lipinski definition) is 4. The van der Waals surface area contributed by atoms with Crippen molar-refractivity contribution in [3.8, 4) is 0 Å². The monoisotopic (exact) mass is 426 g/mol. The molecule has 0 bridgehead atoms. The number of carbonyl (C=O) groups is 1. The second-order valence-corrected chi connectivity index (χ2v) is 10.0. The number of aliphatic hydroxyl groups excluding tert-OH is 2. The third kappa shape index (κ3) is 6.10. The Bertz CT molecular complexity index is 481. The Kier molecular flexibility index (Phi) is 7.91. The van der Waals surface area contributed by atoms with Crippen molar-refractivity contribution >= 4 is 30.9 Å². The zero-order chi connectivity index (χ0) is 18.5. The van der Waals surface area contributed by atoms with Crippen LogP contribution < -0.4 is 11.1 Å². The Morgan fingerprint density at radius 2 is 1.33 bits per heavy atom. The second-order valence-electron chi connectivity index (χ2n) is 10.0. The first-order valence-corrected chi connectivity index (χ1v) is 9.60.